The van der Waals surface area contributed by atoms with Crippen LogP contribution in [0.4, 0.5) is 0 Å². The number of aromatic nitrogens is 1. The summed E-state index contributed by atoms with van der Waals surface area (Å²) in [5.74, 6) is -0.362. The van der Waals surface area contributed by atoms with Crippen LogP contribution in [0, 0.1) is 5.92 Å². The van der Waals surface area contributed by atoms with E-state index in [9.17, 15) is 9.90 Å². The molecule has 1 unspecified atom stereocenters. The van der Waals surface area contributed by atoms with E-state index in [1.54, 1.807) is 0 Å². The molecule has 3 heteroatoms. The fourth-order valence-corrected chi connectivity index (χ4v) is 2.82. The first-order valence-electron chi connectivity index (χ1n) is 7.94. The summed E-state index contributed by atoms with van der Waals surface area (Å²) in [6.07, 6.45) is 3.89. The minimum absolute atomic E-state index is 0.447. The van der Waals surface area contributed by atoms with Crippen LogP contribution in [0.1, 0.15) is 50.2 Å². The fraction of sp³-hybridized carbons (Fsp3) is 0.421. The average Bonchev–Trinajstić information content (AvgIpc) is 2.81. The Morgan fingerprint density at radius 1 is 1.36 bits per heavy atom. The van der Waals surface area contributed by atoms with Crippen molar-refractivity contribution in [3.8, 4) is 0 Å². The van der Waals surface area contributed by atoms with Gasteiger partial charge in [-0.2, -0.15) is 0 Å². The third-order valence-electron chi connectivity index (χ3n) is 4.43. The normalized spacial score (nSPS) is 13.5. The summed E-state index contributed by atoms with van der Waals surface area (Å²) < 4.78 is 1.95. The SMILES string of the molecule is C/C=C(\C)Cn1c(C(=O)O)c(CC(C)CC)c2ccccc21. The van der Waals surface area contributed by atoms with Gasteiger partial charge in [0.2, 0.25) is 0 Å². The molecule has 22 heavy (non-hydrogen) atoms. The second-order valence-corrected chi connectivity index (χ2v) is 6.09. The molecule has 0 spiro atoms. The predicted molar refractivity (Wildman–Crippen MR) is 91.5 cm³/mol. The number of nitrogens with zero attached hydrogens (tertiary/aromatic N) is 1. The number of hydrogen-bond acceptors (Lipinski definition) is 1. The van der Waals surface area contributed by atoms with Crippen LogP contribution >= 0.6 is 0 Å². The highest BCUT2D eigenvalue weighted by atomic mass is 16.4. The summed E-state index contributed by atoms with van der Waals surface area (Å²) in [4.78, 5) is 11.9. The van der Waals surface area contributed by atoms with Crippen molar-refractivity contribution in [3.63, 3.8) is 0 Å². The summed E-state index contributed by atoms with van der Waals surface area (Å²) in [5, 5.41) is 10.9. The third-order valence-corrected chi connectivity index (χ3v) is 4.43. The lowest BCUT2D eigenvalue weighted by atomic mass is 9.96. The van der Waals surface area contributed by atoms with Crippen molar-refractivity contribution >= 4 is 16.9 Å². The van der Waals surface area contributed by atoms with Crippen molar-refractivity contribution in [1.82, 2.24) is 4.57 Å². The number of fused-ring (bicyclic) bond motifs is 1. The molecule has 1 aromatic heterocycles. The van der Waals surface area contributed by atoms with Gasteiger partial charge in [0.15, 0.2) is 0 Å². The molecule has 118 valence electrons. The van der Waals surface area contributed by atoms with Gasteiger partial charge in [-0.25, -0.2) is 4.79 Å². The molecule has 2 aromatic rings. The van der Waals surface area contributed by atoms with Crippen molar-refractivity contribution in [2.75, 3.05) is 0 Å². The molecule has 0 radical (unpaired) electrons. The van der Waals surface area contributed by atoms with E-state index in [1.165, 1.54) is 5.57 Å². The molecule has 3 nitrogen and oxygen atoms in total. The Kier molecular flexibility index (Phi) is 5.07. The molecule has 1 aromatic carbocycles. The van der Waals surface area contributed by atoms with Crippen LogP contribution in [0.5, 0.6) is 0 Å². The molecular weight excluding hydrogens is 274 g/mol. The molecule has 0 fully saturated rings. The molecule has 0 amide bonds. The van der Waals surface area contributed by atoms with E-state index < -0.39 is 5.97 Å². The number of carboxylic acid groups (broad SMARTS) is 1. The van der Waals surface area contributed by atoms with E-state index in [-0.39, 0.29) is 0 Å². The van der Waals surface area contributed by atoms with Crippen LogP contribution in [0.3, 0.4) is 0 Å². The van der Waals surface area contributed by atoms with Crippen LogP contribution in [-0.4, -0.2) is 15.6 Å². The molecule has 1 N–H and O–H groups in total. The maximum absolute atomic E-state index is 11.9. The lowest BCUT2D eigenvalue weighted by Crippen LogP contribution is -2.12. The number of para-hydroxylation sites is 1. The van der Waals surface area contributed by atoms with Gasteiger partial charge < -0.3 is 9.67 Å². The Hall–Kier alpha value is -2.03. The molecule has 1 atom stereocenters. The summed E-state index contributed by atoms with van der Waals surface area (Å²) in [7, 11) is 0. The van der Waals surface area contributed by atoms with Crippen LogP contribution in [-0.2, 0) is 13.0 Å². The zero-order valence-corrected chi connectivity index (χ0v) is 13.9. The predicted octanol–water partition coefficient (Wildman–Crippen LogP) is 4.89. The molecule has 0 bridgehead atoms. The monoisotopic (exact) mass is 299 g/mol. The van der Waals surface area contributed by atoms with E-state index in [4.69, 9.17) is 0 Å². The van der Waals surface area contributed by atoms with Gasteiger partial charge in [0.05, 0.1) is 0 Å². The largest absolute Gasteiger partial charge is 0.477 e. The summed E-state index contributed by atoms with van der Waals surface area (Å²) in [5.41, 5.74) is 3.60. The maximum Gasteiger partial charge on any atom is 0.352 e. The topological polar surface area (TPSA) is 42.2 Å². The van der Waals surface area contributed by atoms with E-state index in [1.807, 2.05) is 48.8 Å². The van der Waals surface area contributed by atoms with Crippen molar-refractivity contribution in [2.24, 2.45) is 5.92 Å². The third kappa shape index (κ3) is 3.08. The lowest BCUT2D eigenvalue weighted by Gasteiger charge is -2.11. The van der Waals surface area contributed by atoms with Gasteiger partial charge in [-0.15, -0.1) is 0 Å². The van der Waals surface area contributed by atoms with Crippen molar-refractivity contribution in [3.05, 3.63) is 47.2 Å². The van der Waals surface area contributed by atoms with Crippen molar-refractivity contribution < 1.29 is 9.90 Å². The smallest absolute Gasteiger partial charge is 0.352 e. The zero-order chi connectivity index (χ0) is 16.3. The molecule has 0 aliphatic carbocycles. The van der Waals surface area contributed by atoms with Crippen LogP contribution in [0.15, 0.2) is 35.9 Å². The second kappa shape index (κ2) is 6.82. The van der Waals surface area contributed by atoms with Gasteiger partial charge in [0.25, 0.3) is 0 Å². The number of allylic oxidation sites excluding steroid dienone is 2. The zero-order valence-electron chi connectivity index (χ0n) is 13.9. The van der Waals surface area contributed by atoms with Gasteiger partial charge in [-0.3, -0.25) is 0 Å². The highest BCUT2D eigenvalue weighted by Gasteiger charge is 2.23. The molecule has 2 rings (SSSR count). The molecular formula is C19H25NO2. The Morgan fingerprint density at radius 2 is 2.05 bits per heavy atom. The Bertz CT molecular complexity index is 710. The molecule has 0 saturated heterocycles. The number of aromatic carboxylic acids is 1. The Morgan fingerprint density at radius 3 is 2.64 bits per heavy atom. The first-order valence-corrected chi connectivity index (χ1v) is 7.94. The van der Waals surface area contributed by atoms with E-state index in [2.05, 4.69) is 13.8 Å². The van der Waals surface area contributed by atoms with Crippen molar-refractivity contribution in [2.45, 2.75) is 47.1 Å². The number of carbonyl (C=O) groups is 1. The number of carboxylic acids is 1. The lowest BCUT2D eigenvalue weighted by molar-refractivity contribution is 0.0684. The first-order chi connectivity index (χ1) is 10.5. The van der Waals surface area contributed by atoms with Gasteiger partial charge in [0, 0.05) is 17.4 Å². The standard InChI is InChI=1S/C19H25NO2/c1-5-13(3)11-16-15-9-7-8-10-17(15)20(12-14(4)6-2)18(16)19(21)22/h6-10,13H,5,11-12H2,1-4H3,(H,21,22)/b14-6+. The molecule has 0 aliphatic rings. The van der Waals surface area contributed by atoms with E-state index in [0.717, 1.165) is 29.3 Å². The number of hydrogen-bond donors (Lipinski definition) is 1. The summed E-state index contributed by atoms with van der Waals surface area (Å²) in [6, 6.07) is 8.02. The number of benzene rings is 1. The fourth-order valence-electron chi connectivity index (χ4n) is 2.82. The molecule has 0 aliphatic heterocycles. The quantitative estimate of drug-likeness (QED) is 0.771. The average molecular weight is 299 g/mol. The van der Waals surface area contributed by atoms with Crippen LogP contribution < -0.4 is 0 Å². The minimum Gasteiger partial charge on any atom is -0.477 e. The van der Waals surface area contributed by atoms with Crippen LogP contribution in [0.25, 0.3) is 10.9 Å². The van der Waals surface area contributed by atoms with E-state index in [0.29, 0.717) is 18.2 Å². The molecule has 1 heterocycles. The first kappa shape index (κ1) is 16.3. The van der Waals surface area contributed by atoms with Crippen molar-refractivity contribution in [1.29, 1.82) is 0 Å². The van der Waals surface area contributed by atoms with Gasteiger partial charge in [0.1, 0.15) is 5.69 Å². The summed E-state index contributed by atoms with van der Waals surface area (Å²) in [6.45, 7) is 8.97. The Balaban J connectivity index is 2.71. The van der Waals surface area contributed by atoms with Gasteiger partial charge in [-0.05, 0) is 37.8 Å². The van der Waals surface area contributed by atoms with Gasteiger partial charge in [-0.1, -0.05) is 50.1 Å². The maximum atomic E-state index is 11.9. The Labute approximate surface area is 132 Å². The highest BCUT2D eigenvalue weighted by molar-refractivity contribution is 5.98. The number of rotatable bonds is 6. The highest BCUT2D eigenvalue weighted by Crippen LogP contribution is 2.30. The van der Waals surface area contributed by atoms with Crippen LogP contribution in [0.2, 0.25) is 0 Å². The van der Waals surface area contributed by atoms with Gasteiger partial charge >= 0.3 is 5.97 Å². The second-order valence-electron chi connectivity index (χ2n) is 6.09. The minimum atomic E-state index is -0.835. The molecule has 0 saturated carbocycles. The van der Waals surface area contributed by atoms with E-state index >= 15 is 0 Å². The summed E-state index contributed by atoms with van der Waals surface area (Å²) >= 11 is 0.